The molecule has 0 aliphatic carbocycles. The Balaban J connectivity index is 0.000000381. The molecule has 1 aromatic carbocycles. The molecule has 2 aromatic rings. The molecule has 1 heterocycles. The van der Waals surface area contributed by atoms with Crippen LogP contribution in [-0.2, 0) is 4.79 Å². The highest BCUT2D eigenvalue weighted by atomic mass is 16.4. The Morgan fingerprint density at radius 2 is 1.84 bits per heavy atom. The number of benzene rings is 1. The maximum Gasteiger partial charge on any atom is 0.348 e. The van der Waals surface area contributed by atoms with Crippen LogP contribution in [0.15, 0.2) is 33.5 Å². The number of fused-ring (bicyclic) bond motifs is 1. The van der Waals surface area contributed by atoms with Crippen molar-refractivity contribution in [3.05, 3.63) is 34.7 Å². The normalized spacial score (nSPS) is 10.4. The van der Waals surface area contributed by atoms with Crippen LogP contribution < -0.4 is 20.9 Å². The second-order valence-electron chi connectivity index (χ2n) is 5.54. The molecule has 7 heteroatoms. The first-order valence-corrected chi connectivity index (χ1v) is 8.68. The van der Waals surface area contributed by atoms with Crippen molar-refractivity contribution in [1.82, 2.24) is 4.98 Å². The lowest BCUT2D eigenvalue weighted by Gasteiger charge is -2.10. The second-order valence-corrected chi connectivity index (χ2v) is 5.54. The maximum atomic E-state index is 11.6. The van der Waals surface area contributed by atoms with Gasteiger partial charge in [0.1, 0.15) is 0 Å². The fourth-order valence-electron chi connectivity index (χ4n) is 2.27. The minimum atomic E-state index is -1.11. The standard InChI is InChI=1S/C12H12N2O4.C6H15N/c15-10(16)6-3-7-13-12-14-9-5-2-1-4-8(9)11(17)18-12;1-4-7(5-2)6-3/h1-2,4-5H,3,6-7H2,(H,13,14)(H,15,16);4-6H2,1-3H3. The molecule has 7 nitrogen and oxygen atoms in total. The Bertz CT molecular complexity index is 705. The van der Waals surface area contributed by atoms with Gasteiger partial charge in [-0.3, -0.25) is 0 Å². The molecule has 0 atom stereocenters. The van der Waals surface area contributed by atoms with Gasteiger partial charge in [0.15, 0.2) is 0 Å². The van der Waals surface area contributed by atoms with E-state index in [1.807, 2.05) is 0 Å². The number of aromatic nitrogens is 1. The number of carbonyl (C=O) groups is 1. The van der Waals surface area contributed by atoms with Gasteiger partial charge in [-0.1, -0.05) is 12.1 Å². The Morgan fingerprint density at radius 3 is 2.40 bits per heavy atom. The number of rotatable bonds is 8. The molecule has 0 saturated heterocycles. The van der Waals surface area contributed by atoms with Crippen LogP contribution in [0.2, 0.25) is 0 Å². The fourth-order valence-corrected chi connectivity index (χ4v) is 2.27. The van der Waals surface area contributed by atoms with Gasteiger partial charge in [-0.2, -0.15) is 4.98 Å². The number of carboxylic acids is 1. The minimum Gasteiger partial charge on any atom is -0.550 e. The van der Waals surface area contributed by atoms with E-state index in [0.717, 1.165) is 0 Å². The van der Waals surface area contributed by atoms with Crippen molar-refractivity contribution in [1.29, 1.82) is 0 Å². The fraction of sp³-hybridized carbons (Fsp3) is 0.500. The Morgan fingerprint density at radius 1 is 1.20 bits per heavy atom. The summed E-state index contributed by atoms with van der Waals surface area (Å²) in [5, 5.41) is 13.4. The minimum absolute atomic E-state index is 0.0508. The number of anilines is 1. The highest BCUT2D eigenvalue weighted by Crippen LogP contribution is 2.10. The van der Waals surface area contributed by atoms with E-state index in [-0.39, 0.29) is 12.4 Å². The Labute approximate surface area is 147 Å². The van der Waals surface area contributed by atoms with Gasteiger partial charge in [-0.25, -0.2) is 4.79 Å². The number of aliphatic carboxylic acids is 1. The predicted octanol–water partition coefficient (Wildman–Crippen LogP) is 0.0610. The van der Waals surface area contributed by atoms with Crippen molar-refractivity contribution in [2.45, 2.75) is 33.6 Å². The van der Waals surface area contributed by atoms with E-state index in [1.165, 1.54) is 19.6 Å². The number of carbonyl (C=O) groups excluding carboxylic acids is 1. The van der Waals surface area contributed by atoms with Crippen molar-refractivity contribution in [2.24, 2.45) is 0 Å². The number of hydrogen-bond donors (Lipinski definition) is 2. The van der Waals surface area contributed by atoms with Crippen molar-refractivity contribution in [3.63, 3.8) is 0 Å². The molecule has 0 amide bonds. The van der Waals surface area contributed by atoms with Gasteiger partial charge in [-0.15, -0.1) is 0 Å². The summed E-state index contributed by atoms with van der Waals surface area (Å²) in [4.78, 5) is 27.6. The van der Waals surface area contributed by atoms with Crippen LogP contribution in [0.25, 0.3) is 10.9 Å². The number of quaternary nitrogens is 1. The van der Waals surface area contributed by atoms with Crippen LogP contribution in [0, 0.1) is 0 Å². The molecule has 2 N–H and O–H groups in total. The zero-order valence-corrected chi connectivity index (χ0v) is 15.1. The third kappa shape index (κ3) is 7.34. The van der Waals surface area contributed by atoms with Crippen LogP contribution in [0.4, 0.5) is 6.01 Å². The van der Waals surface area contributed by atoms with E-state index in [9.17, 15) is 14.7 Å². The molecule has 0 aliphatic rings. The van der Waals surface area contributed by atoms with Gasteiger partial charge in [-0.05, 0) is 45.7 Å². The van der Waals surface area contributed by atoms with Crippen molar-refractivity contribution in [2.75, 3.05) is 31.5 Å². The monoisotopic (exact) mass is 349 g/mol. The van der Waals surface area contributed by atoms with Crippen LogP contribution in [-0.4, -0.2) is 37.1 Å². The average molecular weight is 349 g/mol. The first kappa shape index (κ1) is 20.6. The van der Waals surface area contributed by atoms with E-state index in [1.54, 1.807) is 29.2 Å². The summed E-state index contributed by atoms with van der Waals surface area (Å²) >= 11 is 0. The summed E-state index contributed by atoms with van der Waals surface area (Å²) in [6, 6.07) is 6.94. The van der Waals surface area contributed by atoms with E-state index >= 15 is 0 Å². The van der Waals surface area contributed by atoms with E-state index in [2.05, 4.69) is 31.1 Å². The lowest BCUT2D eigenvalue weighted by Crippen LogP contribution is -3.11. The highest BCUT2D eigenvalue weighted by molar-refractivity contribution is 5.77. The van der Waals surface area contributed by atoms with E-state index < -0.39 is 11.6 Å². The molecule has 2 rings (SSSR count). The Kier molecular flexibility index (Phi) is 9.24. The largest absolute Gasteiger partial charge is 0.550 e. The van der Waals surface area contributed by atoms with Crippen LogP contribution in [0.1, 0.15) is 33.6 Å². The number of nitrogens with one attached hydrogen (secondary N) is 2. The lowest BCUT2D eigenvalue weighted by molar-refractivity contribution is -0.894. The number of carboxylic acid groups (broad SMARTS) is 1. The second kappa shape index (κ2) is 11.2. The van der Waals surface area contributed by atoms with Gasteiger partial charge in [0.05, 0.1) is 30.5 Å². The maximum absolute atomic E-state index is 11.6. The van der Waals surface area contributed by atoms with Gasteiger partial charge in [0.2, 0.25) is 0 Å². The molecule has 0 radical (unpaired) electrons. The van der Waals surface area contributed by atoms with Gasteiger partial charge < -0.3 is 24.5 Å². The van der Waals surface area contributed by atoms with E-state index in [4.69, 9.17) is 4.42 Å². The van der Waals surface area contributed by atoms with Crippen LogP contribution >= 0.6 is 0 Å². The van der Waals surface area contributed by atoms with Gasteiger partial charge in [0.25, 0.3) is 6.01 Å². The third-order valence-electron chi connectivity index (χ3n) is 3.87. The van der Waals surface area contributed by atoms with Gasteiger partial charge in [0, 0.05) is 12.5 Å². The topological polar surface area (TPSA) is 99.7 Å². The zero-order valence-electron chi connectivity index (χ0n) is 15.1. The molecule has 0 bridgehead atoms. The molecule has 0 unspecified atom stereocenters. The van der Waals surface area contributed by atoms with Gasteiger partial charge >= 0.3 is 5.63 Å². The molecule has 138 valence electrons. The lowest BCUT2D eigenvalue weighted by atomic mass is 10.2. The van der Waals surface area contributed by atoms with Crippen LogP contribution in [0.5, 0.6) is 0 Å². The number of para-hydroxylation sites is 1. The number of hydrogen-bond acceptors (Lipinski definition) is 6. The Hall–Kier alpha value is -2.41. The molecular weight excluding hydrogens is 322 g/mol. The first-order valence-electron chi connectivity index (χ1n) is 8.68. The zero-order chi connectivity index (χ0) is 18.7. The smallest absolute Gasteiger partial charge is 0.348 e. The van der Waals surface area contributed by atoms with Crippen molar-refractivity contribution in [3.8, 4) is 0 Å². The first-order chi connectivity index (χ1) is 12.0. The summed E-state index contributed by atoms with van der Waals surface area (Å²) < 4.78 is 4.96. The molecule has 0 aliphatic heterocycles. The van der Waals surface area contributed by atoms with Crippen molar-refractivity contribution >= 4 is 22.9 Å². The molecule has 0 saturated carbocycles. The summed E-state index contributed by atoms with van der Waals surface area (Å²) in [5.74, 6) is -1.11. The summed E-state index contributed by atoms with van der Waals surface area (Å²) in [6.45, 7) is 10.8. The molecule has 0 spiro atoms. The SMILES string of the molecule is CC[NH+](CC)CC.O=C([O-])CCCNc1nc2ccccc2c(=O)o1. The summed E-state index contributed by atoms with van der Waals surface area (Å²) in [5.41, 5.74) is 0.0687. The number of nitrogens with zero attached hydrogens (tertiary/aromatic N) is 1. The molecule has 25 heavy (non-hydrogen) atoms. The van der Waals surface area contributed by atoms with E-state index in [0.29, 0.717) is 23.9 Å². The molecule has 0 fully saturated rings. The third-order valence-corrected chi connectivity index (χ3v) is 3.87. The predicted molar refractivity (Wildman–Crippen MR) is 95.6 cm³/mol. The summed E-state index contributed by atoms with van der Waals surface area (Å²) in [7, 11) is 0. The van der Waals surface area contributed by atoms with Crippen molar-refractivity contribution < 1.29 is 19.2 Å². The van der Waals surface area contributed by atoms with Crippen LogP contribution in [0.3, 0.4) is 0 Å². The molecule has 1 aromatic heterocycles. The summed E-state index contributed by atoms with van der Waals surface area (Å²) in [6.07, 6.45) is 0.325. The average Bonchev–Trinajstić information content (AvgIpc) is 2.61. The quantitative estimate of drug-likeness (QED) is 0.654. The molecular formula is C18H27N3O4. The highest BCUT2D eigenvalue weighted by Gasteiger charge is 2.04.